The fourth-order valence-electron chi connectivity index (χ4n) is 1.26. The third-order valence-electron chi connectivity index (χ3n) is 2.40. The van der Waals surface area contributed by atoms with Crippen LogP contribution in [0.25, 0.3) is 10.2 Å². The van der Waals surface area contributed by atoms with Crippen molar-refractivity contribution in [1.82, 2.24) is 9.97 Å². The van der Waals surface area contributed by atoms with Crippen LogP contribution in [0.5, 0.6) is 0 Å². The summed E-state index contributed by atoms with van der Waals surface area (Å²) >= 11 is 9.58. The molecule has 0 fully saturated rings. The van der Waals surface area contributed by atoms with E-state index in [1.54, 1.807) is 11.3 Å². The number of hydrogen-bond donors (Lipinski definition) is 0. The standard InChI is InChI=1S/C11H13ClN2S2/c1-3-7(2)16-6-9-13-10(12)8-4-5-15-11(8)14-9/h4-5,7H,3,6H2,1-2H3. The predicted molar refractivity (Wildman–Crippen MR) is 73.5 cm³/mol. The Bertz CT molecular complexity index is 484. The molecule has 0 saturated heterocycles. The zero-order chi connectivity index (χ0) is 11.5. The van der Waals surface area contributed by atoms with Crippen molar-refractivity contribution in [3.05, 3.63) is 22.4 Å². The monoisotopic (exact) mass is 272 g/mol. The van der Waals surface area contributed by atoms with E-state index < -0.39 is 0 Å². The molecule has 0 radical (unpaired) electrons. The second-order valence-electron chi connectivity index (χ2n) is 3.60. The zero-order valence-electron chi connectivity index (χ0n) is 9.24. The van der Waals surface area contributed by atoms with Gasteiger partial charge in [-0.1, -0.05) is 25.4 Å². The molecular formula is C11H13ClN2S2. The van der Waals surface area contributed by atoms with Crippen LogP contribution in [0.15, 0.2) is 11.4 Å². The van der Waals surface area contributed by atoms with Gasteiger partial charge in [-0.05, 0) is 17.9 Å². The highest BCUT2D eigenvalue weighted by Crippen LogP contribution is 2.26. The van der Waals surface area contributed by atoms with Crippen LogP contribution in [0.4, 0.5) is 0 Å². The van der Waals surface area contributed by atoms with Gasteiger partial charge in [-0.3, -0.25) is 0 Å². The van der Waals surface area contributed by atoms with Gasteiger partial charge in [0, 0.05) is 10.6 Å². The number of nitrogens with zero attached hydrogens (tertiary/aromatic N) is 2. The molecule has 0 bridgehead atoms. The summed E-state index contributed by atoms with van der Waals surface area (Å²) in [4.78, 5) is 9.81. The maximum Gasteiger partial charge on any atom is 0.141 e. The van der Waals surface area contributed by atoms with Crippen molar-refractivity contribution < 1.29 is 0 Å². The average molecular weight is 273 g/mol. The van der Waals surface area contributed by atoms with Gasteiger partial charge in [-0.15, -0.1) is 11.3 Å². The molecule has 0 N–H and O–H groups in total. The average Bonchev–Trinajstić information content (AvgIpc) is 2.74. The number of thiophene rings is 1. The molecule has 16 heavy (non-hydrogen) atoms. The van der Waals surface area contributed by atoms with Crippen LogP contribution < -0.4 is 0 Å². The first kappa shape index (κ1) is 12.1. The summed E-state index contributed by atoms with van der Waals surface area (Å²) in [6, 6.07) is 1.97. The molecule has 2 heterocycles. The zero-order valence-corrected chi connectivity index (χ0v) is 11.6. The van der Waals surface area contributed by atoms with Crippen LogP contribution in [0, 0.1) is 0 Å². The number of rotatable bonds is 4. The SMILES string of the molecule is CCC(C)SCc1nc(Cl)c2ccsc2n1. The van der Waals surface area contributed by atoms with Crippen LogP contribution in [0.1, 0.15) is 26.1 Å². The Labute approximate surface area is 108 Å². The summed E-state index contributed by atoms with van der Waals surface area (Å²) < 4.78 is 0. The molecule has 0 spiro atoms. The predicted octanol–water partition coefficient (Wildman–Crippen LogP) is 4.38. The Hall–Kier alpha value is -0.320. The molecule has 2 aromatic heterocycles. The van der Waals surface area contributed by atoms with E-state index in [0.29, 0.717) is 10.4 Å². The molecule has 2 rings (SSSR count). The van der Waals surface area contributed by atoms with E-state index in [-0.39, 0.29) is 0 Å². The summed E-state index contributed by atoms with van der Waals surface area (Å²) in [5.74, 6) is 1.67. The summed E-state index contributed by atoms with van der Waals surface area (Å²) in [6.45, 7) is 4.41. The molecule has 0 aliphatic rings. The number of hydrogen-bond acceptors (Lipinski definition) is 4. The van der Waals surface area contributed by atoms with E-state index >= 15 is 0 Å². The second kappa shape index (κ2) is 5.34. The first-order chi connectivity index (χ1) is 7.70. The van der Waals surface area contributed by atoms with Gasteiger partial charge in [0.2, 0.25) is 0 Å². The third kappa shape index (κ3) is 2.67. The lowest BCUT2D eigenvalue weighted by Gasteiger charge is -2.07. The second-order valence-corrected chi connectivity index (χ2v) is 6.28. The molecule has 0 aliphatic heterocycles. The molecular weight excluding hydrogens is 260 g/mol. The molecule has 2 aromatic rings. The number of halogens is 1. The van der Waals surface area contributed by atoms with Gasteiger partial charge in [0.05, 0.1) is 5.75 Å². The Morgan fingerprint density at radius 2 is 2.31 bits per heavy atom. The minimum Gasteiger partial charge on any atom is -0.221 e. The van der Waals surface area contributed by atoms with Crippen LogP contribution >= 0.6 is 34.7 Å². The molecule has 5 heteroatoms. The Morgan fingerprint density at radius 1 is 1.50 bits per heavy atom. The lowest BCUT2D eigenvalue weighted by Crippen LogP contribution is -1.98. The van der Waals surface area contributed by atoms with Gasteiger partial charge in [-0.2, -0.15) is 11.8 Å². The van der Waals surface area contributed by atoms with Gasteiger partial charge in [0.25, 0.3) is 0 Å². The molecule has 0 saturated carbocycles. The number of aromatic nitrogens is 2. The van der Waals surface area contributed by atoms with E-state index in [0.717, 1.165) is 21.8 Å². The minimum atomic E-state index is 0.575. The van der Waals surface area contributed by atoms with Gasteiger partial charge in [-0.25, -0.2) is 9.97 Å². The summed E-state index contributed by atoms with van der Waals surface area (Å²) in [7, 11) is 0. The fraction of sp³-hybridized carbons (Fsp3) is 0.455. The van der Waals surface area contributed by atoms with E-state index in [4.69, 9.17) is 11.6 Å². The lowest BCUT2D eigenvalue weighted by atomic mass is 10.4. The topological polar surface area (TPSA) is 25.8 Å². The van der Waals surface area contributed by atoms with E-state index in [1.165, 1.54) is 6.42 Å². The smallest absolute Gasteiger partial charge is 0.141 e. The van der Waals surface area contributed by atoms with Crippen molar-refractivity contribution in [3.8, 4) is 0 Å². The van der Waals surface area contributed by atoms with Crippen molar-refractivity contribution >= 4 is 44.9 Å². The highest BCUT2D eigenvalue weighted by atomic mass is 35.5. The van der Waals surface area contributed by atoms with E-state index in [2.05, 4.69) is 23.8 Å². The Kier molecular flexibility index (Phi) is 4.05. The van der Waals surface area contributed by atoms with Gasteiger partial charge >= 0.3 is 0 Å². The van der Waals surface area contributed by atoms with Crippen molar-refractivity contribution in [2.75, 3.05) is 0 Å². The maximum absolute atomic E-state index is 6.10. The molecule has 2 nitrogen and oxygen atoms in total. The first-order valence-electron chi connectivity index (χ1n) is 5.22. The first-order valence-corrected chi connectivity index (χ1v) is 7.52. The molecule has 1 unspecified atom stereocenters. The third-order valence-corrected chi connectivity index (χ3v) is 4.82. The van der Waals surface area contributed by atoms with Crippen molar-refractivity contribution in [2.45, 2.75) is 31.3 Å². The normalized spacial score (nSPS) is 13.2. The lowest BCUT2D eigenvalue weighted by molar-refractivity contribution is 0.902. The number of fused-ring (bicyclic) bond motifs is 1. The van der Waals surface area contributed by atoms with Gasteiger partial charge in [0.1, 0.15) is 15.8 Å². The van der Waals surface area contributed by atoms with Gasteiger partial charge < -0.3 is 0 Å². The van der Waals surface area contributed by atoms with Crippen molar-refractivity contribution in [1.29, 1.82) is 0 Å². The maximum atomic E-state index is 6.10. The number of thioether (sulfide) groups is 1. The van der Waals surface area contributed by atoms with Crippen molar-refractivity contribution in [2.24, 2.45) is 0 Å². The highest BCUT2D eigenvalue weighted by Gasteiger charge is 2.08. The Balaban J connectivity index is 2.18. The fourth-order valence-corrected chi connectivity index (χ4v) is 3.15. The molecule has 1 atom stereocenters. The van der Waals surface area contributed by atoms with Crippen LogP contribution in [0.2, 0.25) is 5.15 Å². The molecule has 86 valence electrons. The van der Waals surface area contributed by atoms with Crippen LogP contribution in [0.3, 0.4) is 0 Å². The quantitative estimate of drug-likeness (QED) is 0.773. The van der Waals surface area contributed by atoms with Gasteiger partial charge in [0.15, 0.2) is 0 Å². The highest BCUT2D eigenvalue weighted by molar-refractivity contribution is 7.99. The molecule has 0 aromatic carbocycles. The van der Waals surface area contributed by atoms with E-state index in [1.807, 2.05) is 23.2 Å². The molecule has 0 amide bonds. The summed E-state index contributed by atoms with van der Waals surface area (Å²) in [5.41, 5.74) is 0. The van der Waals surface area contributed by atoms with Crippen LogP contribution in [-0.2, 0) is 5.75 Å². The minimum absolute atomic E-state index is 0.575. The summed E-state index contributed by atoms with van der Waals surface area (Å²) in [5, 5.41) is 4.17. The van der Waals surface area contributed by atoms with Crippen molar-refractivity contribution in [3.63, 3.8) is 0 Å². The summed E-state index contributed by atoms with van der Waals surface area (Å²) in [6.07, 6.45) is 1.17. The van der Waals surface area contributed by atoms with E-state index in [9.17, 15) is 0 Å². The van der Waals surface area contributed by atoms with Crippen LogP contribution in [-0.4, -0.2) is 15.2 Å². The molecule has 0 aliphatic carbocycles. The Morgan fingerprint density at radius 3 is 3.06 bits per heavy atom. The largest absolute Gasteiger partial charge is 0.221 e.